The fourth-order valence-corrected chi connectivity index (χ4v) is 1.84. The lowest BCUT2D eigenvalue weighted by atomic mass is 9.85. The first kappa shape index (κ1) is 14.6. The standard InChI is InChI=1S/C15H22O3/c1-10-6-7-13(12(8-10)15(3,4)5)18-11(2)9-14(16)17/h6-8,11H,9H2,1-5H3,(H,16,17)/t11-/m1/s1. The van der Waals surface area contributed by atoms with E-state index >= 15 is 0 Å². The smallest absolute Gasteiger partial charge is 0.307 e. The Bertz CT molecular complexity index is 430. The van der Waals surface area contributed by atoms with Gasteiger partial charge in [-0.1, -0.05) is 38.5 Å². The van der Waals surface area contributed by atoms with E-state index in [9.17, 15) is 4.79 Å². The Hall–Kier alpha value is -1.51. The summed E-state index contributed by atoms with van der Waals surface area (Å²) in [5.41, 5.74) is 2.27. The average Bonchev–Trinajstić information content (AvgIpc) is 2.17. The Morgan fingerprint density at radius 2 is 2.00 bits per heavy atom. The lowest BCUT2D eigenvalue weighted by Gasteiger charge is -2.25. The quantitative estimate of drug-likeness (QED) is 0.889. The van der Waals surface area contributed by atoms with Crippen molar-refractivity contribution in [3.05, 3.63) is 29.3 Å². The van der Waals surface area contributed by atoms with Gasteiger partial charge in [-0.2, -0.15) is 0 Å². The minimum atomic E-state index is -0.841. The molecule has 1 rings (SSSR count). The van der Waals surface area contributed by atoms with Gasteiger partial charge in [0.15, 0.2) is 0 Å². The van der Waals surface area contributed by atoms with E-state index in [0.717, 1.165) is 11.3 Å². The Labute approximate surface area is 109 Å². The Morgan fingerprint density at radius 1 is 1.39 bits per heavy atom. The molecule has 1 aromatic carbocycles. The first-order valence-corrected chi connectivity index (χ1v) is 6.19. The molecule has 1 N–H and O–H groups in total. The van der Waals surface area contributed by atoms with Crippen molar-refractivity contribution in [2.45, 2.75) is 52.6 Å². The highest BCUT2D eigenvalue weighted by Gasteiger charge is 2.20. The third-order valence-electron chi connectivity index (χ3n) is 2.73. The number of rotatable bonds is 4. The molecule has 100 valence electrons. The summed E-state index contributed by atoms with van der Waals surface area (Å²) in [6.45, 7) is 10.2. The number of carboxylic acids is 1. The van der Waals surface area contributed by atoms with Gasteiger partial charge in [-0.15, -0.1) is 0 Å². The Kier molecular flexibility index (Phi) is 4.38. The van der Waals surface area contributed by atoms with Crippen molar-refractivity contribution < 1.29 is 14.6 Å². The molecular weight excluding hydrogens is 228 g/mol. The van der Waals surface area contributed by atoms with Crippen LogP contribution in [0.15, 0.2) is 18.2 Å². The monoisotopic (exact) mass is 250 g/mol. The number of benzene rings is 1. The van der Waals surface area contributed by atoms with E-state index in [4.69, 9.17) is 9.84 Å². The summed E-state index contributed by atoms with van der Waals surface area (Å²) >= 11 is 0. The van der Waals surface area contributed by atoms with Crippen LogP contribution < -0.4 is 4.74 Å². The van der Waals surface area contributed by atoms with E-state index in [-0.39, 0.29) is 17.9 Å². The number of aryl methyl sites for hydroxylation is 1. The maximum absolute atomic E-state index is 10.7. The van der Waals surface area contributed by atoms with Gasteiger partial charge in [0.05, 0.1) is 6.42 Å². The van der Waals surface area contributed by atoms with Crippen molar-refractivity contribution in [2.24, 2.45) is 0 Å². The molecule has 3 heteroatoms. The summed E-state index contributed by atoms with van der Waals surface area (Å²) in [6.07, 6.45) is -0.316. The summed E-state index contributed by atoms with van der Waals surface area (Å²) in [5.74, 6) is -0.0613. The number of ether oxygens (including phenoxy) is 1. The van der Waals surface area contributed by atoms with Gasteiger partial charge in [-0.05, 0) is 30.9 Å². The van der Waals surface area contributed by atoms with Crippen molar-refractivity contribution in [3.63, 3.8) is 0 Å². The van der Waals surface area contributed by atoms with Gasteiger partial charge < -0.3 is 9.84 Å². The van der Waals surface area contributed by atoms with Gasteiger partial charge in [0, 0.05) is 0 Å². The maximum Gasteiger partial charge on any atom is 0.307 e. The molecule has 0 saturated heterocycles. The molecule has 0 aliphatic heterocycles. The first-order chi connectivity index (χ1) is 8.20. The van der Waals surface area contributed by atoms with Gasteiger partial charge >= 0.3 is 5.97 Å². The highest BCUT2D eigenvalue weighted by atomic mass is 16.5. The largest absolute Gasteiger partial charge is 0.490 e. The van der Waals surface area contributed by atoms with E-state index in [1.165, 1.54) is 5.56 Å². The molecule has 0 aliphatic carbocycles. The lowest BCUT2D eigenvalue weighted by Crippen LogP contribution is -2.20. The summed E-state index contributed by atoms with van der Waals surface area (Å²) in [6, 6.07) is 6.01. The van der Waals surface area contributed by atoms with Crippen LogP contribution in [0.4, 0.5) is 0 Å². The second kappa shape index (κ2) is 5.42. The molecule has 0 aromatic heterocycles. The van der Waals surface area contributed by atoms with E-state index in [2.05, 4.69) is 26.8 Å². The van der Waals surface area contributed by atoms with E-state index in [1.807, 2.05) is 19.1 Å². The van der Waals surface area contributed by atoms with Crippen LogP contribution in [0.1, 0.15) is 45.2 Å². The molecule has 0 aliphatic rings. The van der Waals surface area contributed by atoms with Crippen LogP contribution >= 0.6 is 0 Å². The molecule has 0 amide bonds. The first-order valence-electron chi connectivity index (χ1n) is 6.19. The highest BCUT2D eigenvalue weighted by molar-refractivity contribution is 5.67. The van der Waals surface area contributed by atoms with Crippen LogP contribution in [-0.4, -0.2) is 17.2 Å². The minimum Gasteiger partial charge on any atom is -0.490 e. The molecule has 0 bridgehead atoms. The Balaban J connectivity index is 2.98. The molecule has 0 fully saturated rings. The lowest BCUT2D eigenvalue weighted by molar-refractivity contribution is -0.138. The second-order valence-corrected chi connectivity index (χ2v) is 5.78. The number of carboxylic acid groups (broad SMARTS) is 1. The van der Waals surface area contributed by atoms with Gasteiger partial charge in [-0.25, -0.2) is 0 Å². The number of aliphatic carboxylic acids is 1. The molecule has 0 spiro atoms. The SMILES string of the molecule is Cc1ccc(O[C@H](C)CC(=O)O)c(C(C)(C)C)c1. The van der Waals surface area contributed by atoms with Crippen molar-refractivity contribution in [1.82, 2.24) is 0 Å². The van der Waals surface area contributed by atoms with Crippen molar-refractivity contribution in [2.75, 3.05) is 0 Å². The van der Waals surface area contributed by atoms with Crippen molar-refractivity contribution >= 4 is 5.97 Å². The average molecular weight is 250 g/mol. The van der Waals surface area contributed by atoms with Gasteiger partial charge in [0.2, 0.25) is 0 Å². The molecule has 3 nitrogen and oxygen atoms in total. The van der Waals surface area contributed by atoms with E-state index in [0.29, 0.717) is 0 Å². The normalized spacial score (nSPS) is 13.2. The summed E-state index contributed by atoms with van der Waals surface area (Å²) in [7, 11) is 0. The van der Waals surface area contributed by atoms with Gasteiger partial charge in [-0.3, -0.25) is 4.79 Å². The van der Waals surface area contributed by atoms with Gasteiger partial charge in [0.1, 0.15) is 11.9 Å². The Morgan fingerprint density at radius 3 is 2.50 bits per heavy atom. The molecule has 1 aromatic rings. The van der Waals surface area contributed by atoms with Crippen LogP contribution in [0.5, 0.6) is 5.75 Å². The summed E-state index contributed by atoms with van der Waals surface area (Å²) in [5, 5.41) is 8.76. The van der Waals surface area contributed by atoms with Crippen molar-refractivity contribution in [3.8, 4) is 5.75 Å². The van der Waals surface area contributed by atoms with Crippen LogP contribution in [-0.2, 0) is 10.2 Å². The molecule has 18 heavy (non-hydrogen) atoms. The number of hydrogen-bond donors (Lipinski definition) is 1. The molecule has 1 atom stereocenters. The van der Waals surface area contributed by atoms with Crippen LogP contribution in [0.25, 0.3) is 0 Å². The molecule has 0 saturated carbocycles. The fraction of sp³-hybridized carbons (Fsp3) is 0.533. The second-order valence-electron chi connectivity index (χ2n) is 5.78. The zero-order valence-electron chi connectivity index (χ0n) is 11.8. The van der Waals surface area contributed by atoms with Crippen LogP contribution in [0, 0.1) is 6.92 Å². The van der Waals surface area contributed by atoms with Gasteiger partial charge in [0.25, 0.3) is 0 Å². The van der Waals surface area contributed by atoms with Crippen LogP contribution in [0.2, 0.25) is 0 Å². The predicted molar refractivity (Wildman–Crippen MR) is 72.2 cm³/mol. The third-order valence-corrected chi connectivity index (χ3v) is 2.73. The van der Waals surface area contributed by atoms with E-state index in [1.54, 1.807) is 6.92 Å². The van der Waals surface area contributed by atoms with E-state index < -0.39 is 5.97 Å². The van der Waals surface area contributed by atoms with Crippen molar-refractivity contribution in [1.29, 1.82) is 0 Å². The molecule has 0 unspecified atom stereocenters. The number of carbonyl (C=O) groups is 1. The number of hydrogen-bond acceptors (Lipinski definition) is 2. The predicted octanol–water partition coefficient (Wildman–Crippen LogP) is 3.53. The summed E-state index contributed by atoms with van der Waals surface area (Å²) in [4.78, 5) is 10.7. The molecule has 0 radical (unpaired) electrons. The minimum absolute atomic E-state index is 0.0114. The molecular formula is C15H22O3. The maximum atomic E-state index is 10.7. The third kappa shape index (κ3) is 4.06. The topological polar surface area (TPSA) is 46.5 Å². The van der Waals surface area contributed by atoms with Crippen LogP contribution in [0.3, 0.4) is 0 Å². The highest BCUT2D eigenvalue weighted by Crippen LogP contribution is 2.32. The molecule has 0 heterocycles. The fourth-order valence-electron chi connectivity index (χ4n) is 1.84. The summed E-state index contributed by atoms with van der Waals surface area (Å²) < 4.78 is 5.76. The zero-order chi connectivity index (χ0) is 13.9. The zero-order valence-corrected chi connectivity index (χ0v) is 11.8.